The van der Waals surface area contributed by atoms with E-state index in [0.717, 1.165) is 0 Å². The summed E-state index contributed by atoms with van der Waals surface area (Å²) in [6.45, 7) is 0. The van der Waals surface area contributed by atoms with E-state index in [1.54, 1.807) is 12.2 Å². The third kappa shape index (κ3) is 1.62. The number of imide groups is 1. The van der Waals surface area contributed by atoms with E-state index in [-0.39, 0.29) is 11.9 Å². The zero-order valence-electron chi connectivity index (χ0n) is 8.94. The number of methoxy groups -OCH3 is 2. The molecule has 16 heavy (non-hydrogen) atoms. The van der Waals surface area contributed by atoms with Gasteiger partial charge in [-0.3, -0.25) is 10.1 Å². The van der Waals surface area contributed by atoms with Crippen molar-refractivity contribution in [2.45, 2.75) is 6.04 Å². The summed E-state index contributed by atoms with van der Waals surface area (Å²) in [5.74, 6) is 0.218. The van der Waals surface area contributed by atoms with Gasteiger partial charge in [-0.1, -0.05) is 0 Å². The van der Waals surface area contributed by atoms with Crippen molar-refractivity contribution in [2.75, 3.05) is 14.2 Å². The number of ether oxygens (including phenoxy) is 2. The van der Waals surface area contributed by atoms with Gasteiger partial charge in [0.2, 0.25) is 5.91 Å². The van der Waals surface area contributed by atoms with Crippen LogP contribution in [0.4, 0.5) is 4.79 Å². The Morgan fingerprint density at radius 3 is 2.38 bits per heavy atom. The number of carbonyl (C=O) groups excluding carboxylic acids is 2. The van der Waals surface area contributed by atoms with E-state index in [2.05, 4.69) is 10.6 Å². The number of hydrogen-bond donors (Lipinski definition) is 2. The first-order chi connectivity index (χ1) is 7.65. The van der Waals surface area contributed by atoms with Gasteiger partial charge in [-0.15, -0.1) is 0 Å². The van der Waals surface area contributed by atoms with Gasteiger partial charge < -0.3 is 14.8 Å². The quantitative estimate of drug-likeness (QED) is 0.685. The zero-order chi connectivity index (χ0) is 11.7. The molecule has 0 aromatic heterocycles. The van der Waals surface area contributed by atoms with Crippen LogP contribution in [-0.2, 0) is 14.3 Å². The molecule has 0 spiro atoms. The van der Waals surface area contributed by atoms with Crippen LogP contribution in [0.2, 0.25) is 0 Å². The van der Waals surface area contributed by atoms with E-state index in [0.29, 0.717) is 11.5 Å². The summed E-state index contributed by atoms with van der Waals surface area (Å²) < 4.78 is 10.2. The first kappa shape index (κ1) is 10.5. The molecule has 1 aliphatic carbocycles. The van der Waals surface area contributed by atoms with Crippen molar-refractivity contribution in [3.05, 3.63) is 23.7 Å². The van der Waals surface area contributed by atoms with Gasteiger partial charge in [0.1, 0.15) is 0 Å². The fourth-order valence-corrected chi connectivity index (χ4v) is 1.79. The van der Waals surface area contributed by atoms with Crippen molar-refractivity contribution < 1.29 is 19.1 Å². The van der Waals surface area contributed by atoms with Crippen LogP contribution in [0.15, 0.2) is 23.7 Å². The molecule has 86 valence electrons. The van der Waals surface area contributed by atoms with Crippen molar-refractivity contribution >= 4 is 11.9 Å². The van der Waals surface area contributed by atoms with Gasteiger partial charge in [0.15, 0.2) is 11.5 Å². The second-order valence-corrected chi connectivity index (χ2v) is 3.48. The number of hydrogen-bond acceptors (Lipinski definition) is 4. The monoisotopic (exact) mass is 224 g/mol. The maximum Gasteiger partial charge on any atom is 0.321 e. The van der Waals surface area contributed by atoms with Gasteiger partial charge in [-0.25, -0.2) is 4.79 Å². The third-order valence-electron chi connectivity index (χ3n) is 2.57. The van der Waals surface area contributed by atoms with Crippen LogP contribution in [-0.4, -0.2) is 32.2 Å². The van der Waals surface area contributed by atoms with Crippen molar-refractivity contribution in [3.8, 4) is 0 Å². The van der Waals surface area contributed by atoms with Crippen LogP contribution in [0.3, 0.4) is 0 Å². The van der Waals surface area contributed by atoms with Crippen molar-refractivity contribution in [2.24, 2.45) is 5.92 Å². The second kappa shape index (κ2) is 3.88. The number of amides is 3. The molecule has 1 saturated heterocycles. The second-order valence-electron chi connectivity index (χ2n) is 3.48. The minimum absolute atomic E-state index is 0.338. The van der Waals surface area contributed by atoms with Gasteiger partial charge in [-0.05, 0) is 12.2 Å². The first-order valence-corrected chi connectivity index (χ1v) is 4.79. The van der Waals surface area contributed by atoms with E-state index in [4.69, 9.17) is 9.47 Å². The molecule has 2 atom stereocenters. The summed E-state index contributed by atoms with van der Waals surface area (Å²) in [6, 6.07) is -0.873. The lowest BCUT2D eigenvalue weighted by Gasteiger charge is -2.31. The maximum absolute atomic E-state index is 11.6. The topological polar surface area (TPSA) is 76.7 Å². The molecule has 0 bridgehead atoms. The van der Waals surface area contributed by atoms with Crippen LogP contribution in [0.1, 0.15) is 0 Å². The fourth-order valence-electron chi connectivity index (χ4n) is 1.79. The highest BCUT2D eigenvalue weighted by atomic mass is 16.5. The minimum atomic E-state index is -0.493. The number of nitrogens with one attached hydrogen (secondary N) is 2. The molecular formula is C10H12N2O4. The molecule has 0 radical (unpaired) electrons. The Kier molecular flexibility index (Phi) is 2.55. The molecule has 2 aliphatic rings. The smallest absolute Gasteiger partial charge is 0.321 e. The summed E-state index contributed by atoms with van der Waals surface area (Å²) in [5.41, 5.74) is 0. The van der Waals surface area contributed by atoms with Crippen molar-refractivity contribution in [1.29, 1.82) is 0 Å². The molecule has 2 rings (SSSR count). The van der Waals surface area contributed by atoms with Crippen LogP contribution in [0.25, 0.3) is 0 Å². The summed E-state index contributed by atoms with van der Waals surface area (Å²) in [6.07, 6.45) is 3.30. The lowest BCUT2D eigenvalue weighted by Crippen LogP contribution is -2.57. The molecule has 1 aliphatic heterocycles. The van der Waals surface area contributed by atoms with E-state index in [1.807, 2.05) is 0 Å². The highest BCUT2D eigenvalue weighted by Crippen LogP contribution is 2.25. The Morgan fingerprint density at radius 1 is 1.12 bits per heavy atom. The van der Waals surface area contributed by atoms with Gasteiger partial charge in [0.05, 0.1) is 26.2 Å². The van der Waals surface area contributed by atoms with Gasteiger partial charge in [0.25, 0.3) is 0 Å². The number of urea groups is 1. The van der Waals surface area contributed by atoms with Crippen LogP contribution >= 0.6 is 0 Å². The summed E-state index contributed by atoms with van der Waals surface area (Å²) in [5, 5.41) is 4.83. The van der Waals surface area contributed by atoms with E-state index in [1.165, 1.54) is 14.2 Å². The van der Waals surface area contributed by atoms with Gasteiger partial charge >= 0.3 is 6.03 Å². The summed E-state index contributed by atoms with van der Waals surface area (Å²) in [4.78, 5) is 22.7. The first-order valence-electron chi connectivity index (χ1n) is 4.79. The Bertz CT molecular complexity index is 400. The lowest BCUT2D eigenvalue weighted by molar-refractivity contribution is -0.123. The van der Waals surface area contributed by atoms with Crippen molar-refractivity contribution in [3.63, 3.8) is 0 Å². The summed E-state index contributed by atoms with van der Waals surface area (Å²) >= 11 is 0. The fraction of sp³-hybridized carbons (Fsp3) is 0.400. The highest BCUT2D eigenvalue weighted by molar-refractivity contribution is 6.00. The molecule has 1 heterocycles. The average molecular weight is 224 g/mol. The maximum atomic E-state index is 11.6. The Morgan fingerprint density at radius 2 is 1.75 bits per heavy atom. The molecule has 2 N–H and O–H groups in total. The number of carbonyl (C=O) groups is 2. The normalized spacial score (nSPS) is 28.1. The predicted molar refractivity (Wildman–Crippen MR) is 54.1 cm³/mol. The Labute approximate surface area is 92.3 Å². The van der Waals surface area contributed by atoms with Crippen LogP contribution in [0.5, 0.6) is 0 Å². The molecule has 1 fully saturated rings. The predicted octanol–water partition coefficient (Wildman–Crippen LogP) is -0.115. The average Bonchev–Trinajstić information content (AvgIpc) is 2.27. The standard InChI is InChI=1S/C10H12N2O4/c1-15-7-3-5-6(4-8(7)16-2)11-10(14)12-9(5)13/h3-6H,1-2H3,(H2,11,12,13,14)/t5-,6-/m0/s1. The molecule has 0 unspecified atom stereocenters. The molecule has 0 aromatic carbocycles. The number of rotatable bonds is 2. The zero-order valence-corrected chi connectivity index (χ0v) is 8.94. The molecule has 0 aromatic rings. The molecule has 6 heteroatoms. The third-order valence-corrected chi connectivity index (χ3v) is 2.57. The summed E-state index contributed by atoms with van der Waals surface area (Å²) in [7, 11) is 3.00. The van der Waals surface area contributed by atoms with E-state index in [9.17, 15) is 9.59 Å². The lowest BCUT2D eigenvalue weighted by atomic mass is 9.91. The largest absolute Gasteiger partial charge is 0.493 e. The Balaban J connectivity index is 2.31. The number of fused-ring (bicyclic) bond motifs is 1. The van der Waals surface area contributed by atoms with Gasteiger partial charge in [0, 0.05) is 0 Å². The van der Waals surface area contributed by atoms with Crippen LogP contribution in [0, 0.1) is 5.92 Å². The molecule has 0 saturated carbocycles. The SMILES string of the molecule is COC1=C[C@@H]2NC(=O)NC(=O)[C@H]2C=C1OC. The van der Waals surface area contributed by atoms with E-state index < -0.39 is 11.9 Å². The van der Waals surface area contributed by atoms with E-state index >= 15 is 0 Å². The van der Waals surface area contributed by atoms with Gasteiger partial charge in [-0.2, -0.15) is 0 Å². The molecule has 6 nitrogen and oxygen atoms in total. The van der Waals surface area contributed by atoms with Crippen molar-refractivity contribution in [1.82, 2.24) is 10.6 Å². The Hall–Kier alpha value is -1.98. The minimum Gasteiger partial charge on any atom is -0.493 e. The molecule has 3 amide bonds. The highest BCUT2D eigenvalue weighted by Gasteiger charge is 2.36. The molecular weight excluding hydrogens is 212 g/mol. The van der Waals surface area contributed by atoms with Crippen LogP contribution < -0.4 is 10.6 Å².